The van der Waals surface area contributed by atoms with Crippen molar-refractivity contribution in [3.63, 3.8) is 0 Å². The summed E-state index contributed by atoms with van der Waals surface area (Å²) in [5.74, 6) is 0.906. The molecule has 0 amide bonds. The molecule has 148 valence electrons. The smallest absolute Gasteiger partial charge is 0.191 e. The number of benzene rings is 1. The summed E-state index contributed by atoms with van der Waals surface area (Å²) in [5.41, 5.74) is 2.61. The summed E-state index contributed by atoms with van der Waals surface area (Å²) in [6.45, 7) is 12.8. The van der Waals surface area contributed by atoms with Crippen LogP contribution in [0.2, 0.25) is 0 Å². The molecule has 0 bridgehead atoms. The van der Waals surface area contributed by atoms with Gasteiger partial charge in [0, 0.05) is 32.7 Å². The van der Waals surface area contributed by atoms with Gasteiger partial charge in [0.15, 0.2) is 5.96 Å². The number of ether oxygens (including phenoxy) is 1. The quantitative estimate of drug-likeness (QED) is 0.263. The molecule has 0 spiro atoms. The van der Waals surface area contributed by atoms with E-state index in [2.05, 4.69) is 60.6 Å². The lowest BCUT2D eigenvalue weighted by Gasteiger charge is -2.31. The van der Waals surface area contributed by atoms with Crippen LogP contribution in [0.5, 0.6) is 0 Å². The first-order valence-electron chi connectivity index (χ1n) is 9.65. The maximum absolute atomic E-state index is 5.62. The second-order valence-electron chi connectivity index (χ2n) is 6.71. The van der Waals surface area contributed by atoms with Crippen molar-refractivity contribution in [2.45, 2.75) is 52.8 Å². The van der Waals surface area contributed by atoms with Crippen LogP contribution in [0.25, 0.3) is 0 Å². The molecule has 1 aromatic rings. The van der Waals surface area contributed by atoms with Crippen LogP contribution in [0.1, 0.15) is 44.7 Å². The van der Waals surface area contributed by atoms with Crippen molar-refractivity contribution in [1.29, 1.82) is 0 Å². The standard InChI is InChI=1S/C20H34N4O.HI/c1-4-6-10-22-20(21-5-2)23-14-18-8-7-9-19(13-18)16-24-11-12-25-17(3)15-24;/h7-9,13,17H,4-6,10-12,14-16H2,1-3H3,(H2,21,22,23);1H. The second-order valence-corrected chi connectivity index (χ2v) is 6.71. The Hall–Kier alpha value is -0.860. The third-order valence-electron chi connectivity index (χ3n) is 4.31. The highest BCUT2D eigenvalue weighted by molar-refractivity contribution is 14.0. The van der Waals surface area contributed by atoms with E-state index in [1.807, 2.05) is 0 Å². The molecule has 1 atom stereocenters. The van der Waals surface area contributed by atoms with Crippen molar-refractivity contribution in [3.05, 3.63) is 35.4 Å². The van der Waals surface area contributed by atoms with Crippen molar-refractivity contribution in [3.8, 4) is 0 Å². The molecule has 2 rings (SSSR count). The molecule has 1 unspecified atom stereocenters. The first kappa shape index (κ1) is 23.2. The molecule has 5 nitrogen and oxygen atoms in total. The summed E-state index contributed by atoms with van der Waals surface area (Å²) in [6.07, 6.45) is 2.69. The van der Waals surface area contributed by atoms with E-state index in [1.54, 1.807) is 0 Å². The van der Waals surface area contributed by atoms with Crippen LogP contribution in [0.3, 0.4) is 0 Å². The summed E-state index contributed by atoms with van der Waals surface area (Å²) in [6, 6.07) is 8.78. The highest BCUT2D eigenvalue weighted by Crippen LogP contribution is 2.12. The monoisotopic (exact) mass is 474 g/mol. The van der Waals surface area contributed by atoms with Gasteiger partial charge in [-0.25, -0.2) is 4.99 Å². The zero-order valence-corrected chi connectivity index (χ0v) is 18.8. The maximum atomic E-state index is 5.62. The summed E-state index contributed by atoms with van der Waals surface area (Å²) in [4.78, 5) is 7.18. The third-order valence-corrected chi connectivity index (χ3v) is 4.31. The van der Waals surface area contributed by atoms with Crippen LogP contribution in [0.4, 0.5) is 0 Å². The first-order valence-corrected chi connectivity index (χ1v) is 9.65. The summed E-state index contributed by atoms with van der Waals surface area (Å²) >= 11 is 0. The molecule has 1 aliphatic heterocycles. The average molecular weight is 474 g/mol. The van der Waals surface area contributed by atoms with Crippen molar-refractivity contribution < 1.29 is 4.74 Å². The minimum absolute atomic E-state index is 0. The predicted octanol–water partition coefficient (Wildman–Crippen LogP) is 3.38. The Labute approximate surface area is 176 Å². The van der Waals surface area contributed by atoms with Gasteiger partial charge in [0.2, 0.25) is 0 Å². The second kappa shape index (κ2) is 13.3. The van der Waals surface area contributed by atoms with Crippen LogP contribution < -0.4 is 10.6 Å². The summed E-state index contributed by atoms with van der Waals surface area (Å²) in [5, 5.41) is 6.71. The number of aliphatic imine (C=N–C) groups is 1. The minimum Gasteiger partial charge on any atom is -0.376 e. The van der Waals surface area contributed by atoms with Crippen LogP contribution >= 0.6 is 24.0 Å². The Morgan fingerprint density at radius 3 is 2.81 bits per heavy atom. The van der Waals surface area contributed by atoms with Gasteiger partial charge in [-0.05, 0) is 31.4 Å². The van der Waals surface area contributed by atoms with Crippen LogP contribution in [-0.4, -0.2) is 49.7 Å². The fourth-order valence-corrected chi connectivity index (χ4v) is 3.01. The van der Waals surface area contributed by atoms with Gasteiger partial charge in [0.1, 0.15) is 0 Å². The van der Waals surface area contributed by atoms with Gasteiger partial charge in [-0.15, -0.1) is 24.0 Å². The number of guanidine groups is 1. The van der Waals surface area contributed by atoms with Crippen molar-refractivity contribution >= 4 is 29.9 Å². The number of morpholine rings is 1. The molecule has 1 saturated heterocycles. The molecule has 2 N–H and O–H groups in total. The van der Waals surface area contributed by atoms with Gasteiger partial charge in [-0.3, -0.25) is 4.90 Å². The van der Waals surface area contributed by atoms with E-state index >= 15 is 0 Å². The Morgan fingerprint density at radius 2 is 2.08 bits per heavy atom. The van der Waals surface area contributed by atoms with Crippen molar-refractivity contribution in [2.24, 2.45) is 4.99 Å². The lowest BCUT2D eigenvalue weighted by molar-refractivity contribution is -0.0212. The molecule has 1 heterocycles. The zero-order chi connectivity index (χ0) is 17.9. The molecule has 0 radical (unpaired) electrons. The van der Waals surface area contributed by atoms with E-state index < -0.39 is 0 Å². The largest absolute Gasteiger partial charge is 0.376 e. The number of hydrogen-bond donors (Lipinski definition) is 2. The number of hydrogen-bond acceptors (Lipinski definition) is 3. The van der Waals surface area contributed by atoms with Gasteiger partial charge in [-0.2, -0.15) is 0 Å². The van der Waals surface area contributed by atoms with Gasteiger partial charge in [0.05, 0.1) is 19.3 Å². The average Bonchev–Trinajstić information content (AvgIpc) is 2.60. The highest BCUT2D eigenvalue weighted by Gasteiger charge is 2.16. The van der Waals surface area contributed by atoms with E-state index in [1.165, 1.54) is 17.5 Å². The van der Waals surface area contributed by atoms with Crippen molar-refractivity contribution in [2.75, 3.05) is 32.8 Å². The molecule has 1 fully saturated rings. The minimum atomic E-state index is 0. The first-order chi connectivity index (χ1) is 12.2. The molecule has 1 aliphatic rings. The molecule has 0 aromatic heterocycles. The predicted molar refractivity (Wildman–Crippen MR) is 120 cm³/mol. The number of rotatable bonds is 8. The van der Waals surface area contributed by atoms with E-state index in [-0.39, 0.29) is 24.0 Å². The van der Waals surface area contributed by atoms with Crippen LogP contribution in [0, 0.1) is 0 Å². The summed E-state index contributed by atoms with van der Waals surface area (Å²) < 4.78 is 5.62. The SMILES string of the molecule is CCCCNC(=NCc1cccc(CN2CCOC(C)C2)c1)NCC.I. The molecular weight excluding hydrogens is 439 g/mol. The Bertz CT molecular complexity index is 538. The van der Waals surface area contributed by atoms with Gasteiger partial charge < -0.3 is 15.4 Å². The van der Waals surface area contributed by atoms with Gasteiger partial charge in [-0.1, -0.05) is 37.6 Å². The van der Waals surface area contributed by atoms with Crippen molar-refractivity contribution in [1.82, 2.24) is 15.5 Å². The fourth-order valence-electron chi connectivity index (χ4n) is 3.01. The third kappa shape index (κ3) is 8.68. The fraction of sp³-hybridized carbons (Fsp3) is 0.650. The molecule has 0 aliphatic carbocycles. The van der Waals surface area contributed by atoms with E-state index in [9.17, 15) is 0 Å². The highest BCUT2D eigenvalue weighted by atomic mass is 127. The number of halogens is 1. The Balaban J connectivity index is 0.00000338. The lowest BCUT2D eigenvalue weighted by Crippen LogP contribution is -2.40. The molecule has 1 aromatic carbocycles. The topological polar surface area (TPSA) is 48.9 Å². The normalized spacial score (nSPS) is 18.3. The molecule has 6 heteroatoms. The number of unbranched alkanes of at least 4 members (excludes halogenated alkanes) is 1. The Kier molecular flexibility index (Phi) is 11.9. The van der Waals surface area contributed by atoms with E-state index in [0.29, 0.717) is 12.6 Å². The van der Waals surface area contributed by atoms with E-state index in [4.69, 9.17) is 9.73 Å². The summed E-state index contributed by atoms with van der Waals surface area (Å²) in [7, 11) is 0. The lowest BCUT2D eigenvalue weighted by atomic mass is 10.1. The van der Waals surface area contributed by atoms with Gasteiger partial charge in [0.25, 0.3) is 0 Å². The molecule has 26 heavy (non-hydrogen) atoms. The zero-order valence-electron chi connectivity index (χ0n) is 16.5. The van der Waals surface area contributed by atoms with Crippen LogP contribution in [0.15, 0.2) is 29.3 Å². The van der Waals surface area contributed by atoms with Crippen LogP contribution in [-0.2, 0) is 17.8 Å². The number of nitrogens with one attached hydrogen (secondary N) is 2. The molecular formula is C20H35IN4O. The molecule has 0 saturated carbocycles. The Morgan fingerprint density at radius 1 is 1.27 bits per heavy atom. The van der Waals surface area contributed by atoms with E-state index in [0.717, 1.165) is 51.7 Å². The maximum Gasteiger partial charge on any atom is 0.191 e. The van der Waals surface area contributed by atoms with Gasteiger partial charge >= 0.3 is 0 Å². The number of nitrogens with zero attached hydrogens (tertiary/aromatic N) is 2.